The fourth-order valence-electron chi connectivity index (χ4n) is 6.97. The molecule has 21 nitrogen and oxygen atoms in total. The Morgan fingerprint density at radius 3 is 2.46 bits per heavy atom. The number of halogens is 2. The standard InChI is InChI=1S/C39H50F2N10O11P2S/c1-23(2)51(24(3)4)63(56-17-9-14-42)57-19-26-30(41)33(38(61-26)49-16-13-28(52)47-39(49)55)62-64(65,58-18-10-15-43-5)59-20-27-29(40)32(53)37(60-27)50-22-46-31-34(44-21-45-35(31)50)48-36(54)25-11-7-6-8-12-25/h6-8,11-13,15-16,21-24,26-27,29-30,32-33,37-38,53H,9-10,17-20H2,1-5H3,(H,47,52,55)(H,44,45,48,54)/b43-15-/t26-,27-,29?,30?,32?,33?,37-,38-,63?,64?/m1/s1. The van der Waals surface area contributed by atoms with E-state index >= 15 is 8.78 Å². The lowest BCUT2D eigenvalue weighted by molar-refractivity contribution is -0.0587. The number of carbonyl (C=O) groups excluding carboxylic acids is 1. The zero-order valence-electron chi connectivity index (χ0n) is 36.0. The number of aromatic nitrogens is 6. The van der Waals surface area contributed by atoms with Crippen molar-refractivity contribution in [1.82, 2.24) is 33.7 Å². The molecule has 2 aliphatic rings. The Morgan fingerprint density at radius 1 is 1.05 bits per heavy atom. The number of imidazole rings is 1. The monoisotopic (exact) mass is 966 g/mol. The number of nitrogens with one attached hydrogen (secondary N) is 2. The van der Waals surface area contributed by atoms with Crippen LogP contribution in [0.1, 0.15) is 63.4 Å². The third-order valence-electron chi connectivity index (χ3n) is 9.92. The second-order valence-electron chi connectivity index (χ2n) is 15.1. The molecule has 0 spiro atoms. The van der Waals surface area contributed by atoms with Gasteiger partial charge in [-0.15, -0.1) is 0 Å². The van der Waals surface area contributed by atoms with Crippen LogP contribution in [0.3, 0.4) is 0 Å². The minimum absolute atomic E-state index is 0.0511. The van der Waals surface area contributed by atoms with Gasteiger partial charge in [0.25, 0.3) is 20.0 Å². The molecule has 0 bridgehead atoms. The second kappa shape index (κ2) is 22.9. The molecule has 65 heavy (non-hydrogen) atoms. The first-order chi connectivity index (χ1) is 31.2. The molecule has 6 rings (SSSR count). The van der Waals surface area contributed by atoms with Crippen LogP contribution < -0.4 is 16.6 Å². The quantitative estimate of drug-likeness (QED) is 0.0557. The maximum Gasteiger partial charge on any atom is 0.330 e. The summed E-state index contributed by atoms with van der Waals surface area (Å²) in [7, 11) is -0.296. The number of rotatable bonds is 22. The van der Waals surface area contributed by atoms with Crippen LogP contribution in [0.2, 0.25) is 0 Å². The van der Waals surface area contributed by atoms with Crippen molar-refractivity contribution in [3.8, 4) is 6.07 Å². The molecule has 26 heteroatoms. The molecule has 3 aromatic heterocycles. The number of nitrogens with zero attached hydrogens (tertiary/aromatic N) is 8. The summed E-state index contributed by atoms with van der Waals surface area (Å²) in [6.07, 6.45) is -8.19. The Bertz CT molecular complexity index is 2460. The lowest BCUT2D eigenvalue weighted by Gasteiger charge is -2.36. The highest BCUT2D eigenvalue weighted by Crippen LogP contribution is 2.55. The number of amides is 1. The SMILES string of the molecule is C/N=C\CCOP(=S)(OC[C@H]1O[C@@H](n2cnc3c(NC(=O)c4ccccc4)ncnc32)C(O)C1F)OC1C(F)[C@@H](COP(OCCC#N)N(C(C)C)C(C)C)O[C@H]1n1ccc(=O)[nH]c1=O. The van der Waals surface area contributed by atoms with E-state index in [2.05, 4.69) is 30.2 Å². The molecule has 5 heterocycles. The lowest BCUT2D eigenvalue weighted by atomic mass is 10.1. The van der Waals surface area contributed by atoms with Gasteiger partial charge in [-0.05, 0) is 51.6 Å². The van der Waals surface area contributed by atoms with E-state index in [1.807, 2.05) is 38.4 Å². The Balaban J connectivity index is 1.22. The van der Waals surface area contributed by atoms with Gasteiger partial charge in [0.15, 0.2) is 41.8 Å². The Kier molecular flexibility index (Phi) is 17.7. The number of nitriles is 1. The van der Waals surface area contributed by atoms with Crippen molar-refractivity contribution in [1.29, 1.82) is 5.26 Å². The van der Waals surface area contributed by atoms with Crippen molar-refractivity contribution in [2.24, 2.45) is 4.99 Å². The average Bonchev–Trinajstić information content (AvgIpc) is 3.93. The molecule has 2 aliphatic heterocycles. The number of aromatic amines is 1. The Hall–Kier alpha value is -4.34. The molecule has 352 valence electrons. The first kappa shape index (κ1) is 50.1. The summed E-state index contributed by atoms with van der Waals surface area (Å²) in [5.41, 5.74) is -1.07. The third kappa shape index (κ3) is 12.2. The number of anilines is 1. The van der Waals surface area contributed by atoms with Gasteiger partial charge < -0.3 is 43.0 Å². The van der Waals surface area contributed by atoms with Crippen LogP contribution in [0, 0.1) is 11.3 Å². The number of H-pyrrole nitrogens is 1. The Morgan fingerprint density at radius 2 is 1.77 bits per heavy atom. The van der Waals surface area contributed by atoms with Gasteiger partial charge in [0.2, 0.25) is 0 Å². The van der Waals surface area contributed by atoms with E-state index in [4.69, 9.17) is 49.2 Å². The summed E-state index contributed by atoms with van der Waals surface area (Å²) in [6, 6.07) is 11.3. The molecular formula is C39H50F2N10O11P2S. The van der Waals surface area contributed by atoms with Gasteiger partial charge in [-0.1, -0.05) is 18.2 Å². The largest absolute Gasteiger partial charge is 0.385 e. The van der Waals surface area contributed by atoms with Gasteiger partial charge in [-0.25, -0.2) is 33.2 Å². The lowest BCUT2D eigenvalue weighted by Crippen LogP contribution is -2.38. The summed E-state index contributed by atoms with van der Waals surface area (Å²) < 4.78 is 79.3. The molecule has 0 aliphatic carbocycles. The predicted molar refractivity (Wildman–Crippen MR) is 236 cm³/mol. The number of fused-ring (bicyclic) bond motifs is 1. The number of hydrogen-bond acceptors (Lipinski definition) is 18. The number of ether oxygens (including phenoxy) is 2. The summed E-state index contributed by atoms with van der Waals surface area (Å²) in [5, 5.41) is 22.9. The van der Waals surface area contributed by atoms with Crippen LogP contribution in [-0.2, 0) is 43.9 Å². The molecule has 2 saturated heterocycles. The number of alkyl halides is 2. The average molecular weight is 967 g/mol. The molecule has 1 aromatic carbocycles. The number of aliphatic hydroxyl groups excluding tert-OH is 1. The van der Waals surface area contributed by atoms with E-state index in [1.54, 1.807) is 37.4 Å². The first-order valence-corrected chi connectivity index (χ1v) is 24.2. The summed E-state index contributed by atoms with van der Waals surface area (Å²) in [6.45, 7) is 2.40. The predicted octanol–water partition coefficient (Wildman–Crippen LogP) is 4.49. The van der Waals surface area contributed by atoms with Gasteiger partial charge in [-0.2, -0.15) is 5.26 Å². The number of hydrogen-bond donors (Lipinski definition) is 3. The maximum atomic E-state index is 16.9. The van der Waals surface area contributed by atoms with Crippen molar-refractivity contribution >= 4 is 56.2 Å². The third-order valence-corrected chi connectivity index (χ3v) is 14.3. The number of carbonyl (C=O) groups is 1. The Labute approximate surface area is 378 Å². The van der Waals surface area contributed by atoms with Crippen molar-refractivity contribution in [2.45, 2.75) is 102 Å². The summed E-state index contributed by atoms with van der Waals surface area (Å²) in [5.74, 6) is -0.400. The van der Waals surface area contributed by atoms with Crippen LogP contribution in [-0.4, -0.2) is 133 Å². The molecule has 0 radical (unpaired) electrons. The van der Waals surface area contributed by atoms with Crippen LogP contribution in [0.5, 0.6) is 0 Å². The molecule has 6 unspecified atom stereocenters. The van der Waals surface area contributed by atoms with Crippen molar-refractivity contribution in [2.75, 3.05) is 38.8 Å². The number of aliphatic hydroxyl groups is 1. The van der Waals surface area contributed by atoms with E-state index in [0.717, 1.165) is 23.2 Å². The normalized spacial score (nSPS) is 24.9. The van der Waals surface area contributed by atoms with Gasteiger partial charge in [-0.3, -0.25) is 28.2 Å². The molecule has 4 aromatic rings. The van der Waals surface area contributed by atoms with Crippen LogP contribution >= 0.6 is 15.2 Å². The number of benzene rings is 1. The van der Waals surface area contributed by atoms with Crippen LogP contribution in [0.4, 0.5) is 14.6 Å². The second-order valence-corrected chi connectivity index (χ2v) is 19.5. The van der Waals surface area contributed by atoms with Crippen molar-refractivity contribution < 1.29 is 50.8 Å². The highest BCUT2D eigenvalue weighted by molar-refractivity contribution is 8.07. The van der Waals surface area contributed by atoms with E-state index in [1.165, 1.54) is 17.1 Å². The molecule has 10 atom stereocenters. The smallest absolute Gasteiger partial charge is 0.330 e. The zero-order valence-corrected chi connectivity index (χ0v) is 38.6. The molecule has 3 N–H and O–H groups in total. The number of aliphatic imine (C=N–C) groups is 1. The molecular weight excluding hydrogens is 916 g/mol. The molecule has 1 amide bonds. The highest BCUT2D eigenvalue weighted by atomic mass is 32.5. The maximum absolute atomic E-state index is 16.9. The topological polar surface area (TPSA) is 252 Å². The van der Waals surface area contributed by atoms with Gasteiger partial charge in [0.1, 0.15) is 30.7 Å². The van der Waals surface area contributed by atoms with Crippen molar-refractivity contribution in [3.63, 3.8) is 0 Å². The minimum atomic E-state index is -4.16. The first-order valence-electron chi connectivity index (χ1n) is 20.5. The van der Waals surface area contributed by atoms with Gasteiger partial charge >= 0.3 is 12.4 Å². The molecule has 0 saturated carbocycles. The van der Waals surface area contributed by atoms with E-state index in [0.29, 0.717) is 5.56 Å². The fraction of sp³-hybridized carbons (Fsp3) is 0.538. The van der Waals surface area contributed by atoms with E-state index in [-0.39, 0.29) is 55.1 Å². The zero-order chi connectivity index (χ0) is 46.8. The van der Waals surface area contributed by atoms with Crippen molar-refractivity contribution in [3.05, 3.63) is 81.7 Å². The molecule has 2 fully saturated rings. The highest BCUT2D eigenvalue weighted by Gasteiger charge is 2.52. The fourth-order valence-corrected chi connectivity index (χ4v) is 10.7. The minimum Gasteiger partial charge on any atom is -0.385 e. The van der Waals surface area contributed by atoms with E-state index in [9.17, 15) is 19.5 Å². The van der Waals surface area contributed by atoms with Crippen LogP contribution in [0.15, 0.2) is 69.8 Å². The summed E-state index contributed by atoms with van der Waals surface area (Å²) >= 11 is 5.80. The van der Waals surface area contributed by atoms with Crippen LogP contribution in [0.25, 0.3) is 11.2 Å². The van der Waals surface area contributed by atoms with Gasteiger partial charge in [0, 0.05) is 49.6 Å². The van der Waals surface area contributed by atoms with Gasteiger partial charge in [0.05, 0.1) is 45.2 Å². The van der Waals surface area contributed by atoms with E-state index < -0.39 is 94.8 Å². The summed E-state index contributed by atoms with van der Waals surface area (Å²) in [4.78, 5) is 56.7.